The summed E-state index contributed by atoms with van der Waals surface area (Å²) >= 11 is 0. The van der Waals surface area contributed by atoms with Crippen LogP contribution >= 0.6 is 0 Å². The van der Waals surface area contributed by atoms with E-state index in [4.69, 9.17) is 5.41 Å². The first kappa shape index (κ1) is 23.0. The Morgan fingerprint density at radius 2 is 2.06 bits per heavy atom. The molecule has 1 atom stereocenters. The zero-order chi connectivity index (χ0) is 22.4. The Bertz CT molecular complexity index is 984. The van der Waals surface area contributed by atoms with Gasteiger partial charge in [0.25, 0.3) is 5.91 Å². The van der Waals surface area contributed by atoms with Gasteiger partial charge in [-0.05, 0) is 49.8 Å². The van der Waals surface area contributed by atoms with Crippen LogP contribution < -0.4 is 5.32 Å². The van der Waals surface area contributed by atoms with Crippen molar-refractivity contribution in [3.8, 4) is 0 Å². The molecule has 5 heteroatoms. The van der Waals surface area contributed by atoms with Crippen LogP contribution in [0.25, 0.3) is 10.9 Å². The molecule has 2 N–H and O–H groups in total. The lowest BCUT2D eigenvalue weighted by Crippen LogP contribution is -2.23. The predicted octanol–water partition coefficient (Wildman–Crippen LogP) is 6.12. The molecule has 0 aliphatic carbocycles. The van der Waals surface area contributed by atoms with Gasteiger partial charge in [0.2, 0.25) is 0 Å². The van der Waals surface area contributed by atoms with E-state index in [1.807, 2.05) is 31.2 Å². The van der Waals surface area contributed by atoms with E-state index < -0.39 is 0 Å². The fraction of sp³-hybridized carbons (Fsp3) is 0.500. The van der Waals surface area contributed by atoms with Gasteiger partial charge >= 0.3 is 0 Å². The van der Waals surface area contributed by atoms with E-state index in [0.29, 0.717) is 11.3 Å². The van der Waals surface area contributed by atoms with Gasteiger partial charge in [0, 0.05) is 35.1 Å². The third-order valence-electron chi connectivity index (χ3n) is 6.15. The first-order valence-electron chi connectivity index (χ1n) is 11.6. The molecule has 1 unspecified atom stereocenters. The van der Waals surface area contributed by atoms with Gasteiger partial charge in [-0.15, -0.1) is 0 Å². The quantitative estimate of drug-likeness (QED) is 0.378. The summed E-state index contributed by atoms with van der Waals surface area (Å²) in [6, 6.07) is 7.51. The topological polar surface area (TPSA) is 75.0 Å². The molecule has 1 aromatic heterocycles. The highest BCUT2D eigenvalue weighted by molar-refractivity contribution is 6.04. The summed E-state index contributed by atoms with van der Waals surface area (Å²) in [5, 5.41) is 11.5. The van der Waals surface area contributed by atoms with Gasteiger partial charge in [-0.25, -0.2) is 0 Å². The molecule has 1 amide bonds. The van der Waals surface area contributed by atoms with E-state index in [0.717, 1.165) is 54.7 Å². The van der Waals surface area contributed by atoms with Crippen molar-refractivity contribution in [2.45, 2.75) is 72.3 Å². The number of benzene rings is 1. The molecule has 5 nitrogen and oxygen atoms in total. The number of rotatable bonds is 9. The first-order valence-corrected chi connectivity index (χ1v) is 11.6. The number of Topliss-reactive ketones (excluding diaryl/α,β-unsaturated/α-hetero) is 1. The number of fused-ring (bicyclic) bond motifs is 3. The number of aromatic nitrogens is 1. The summed E-state index contributed by atoms with van der Waals surface area (Å²) in [5.41, 5.74) is 2.75. The third kappa shape index (κ3) is 5.72. The van der Waals surface area contributed by atoms with E-state index in [1.54, 1.807) is 6.07 Å². The number of amides is 1. The highest BCUT2D eigenvalue weighted by Gasteiger charge is 2.24. The van der Waals surface area contributed by atoms with Crippen molar-refractivity contribution in [2.75, 3.05) is 0 Å². The van der Waals surface area contributed by atoms with Crippen LogP contribution in [0, 0.1) is 17.2 Å². The standard InChI is InChI=1S/C26H35N3O2/c1-18(2)9-6-4-5-7-11-22(17-27)28-26(31)21-13-12-20-15-24-25(30)19(3)10-8-14-29(24)23(20)16-21/h11-13,15-19,27H,4-10,14H2,1-3H3,(H,28,31). The van der Waals surface area contributed by atoms with E-state index in [1.165, 1.54) is 25.5 Å². The van der Waals surface area contributed by atoms with Crippen molar-refractivity contribution in [3.63, 3.8) is 0 Å². The lowest BCUT2D eigenvalue weighted by molar-refractivity contribution is 0.0922. The van der Waals surface area contributed by atoms with Crippen LogP contribution in [0.1, 0.15) is 86.6 Å². The summed E-state index contributed by atoms with van der Waals surface area (Å²) in [6.07, 6.45) is 10.5. The fourth-order valence-corrected chi connectivity index (χ4v) is 4.26. The molecule has 1 aliphatic rings. The minimum atomic E-state index is -0.222. The minimum Gasteiger partial charge on any atom is -0.338 e. The maximum Gasteiger partial charge on any atom is 0.255 e. The van der Waals surface area contributed by atoms with Crippen molar-refractivity contribution in [1.29, 1.82) is 5.41 Å². The van der Waals surface area contributed by atoms with Crippen LogP contribution in [0.4, 0.5) is 0 Å². The van der Waals surface area contributed by atoms with Gasteiger partial charge in [0.15, 0.2) is 5.78 Å². The summed E-state index contributed by atoms with van der Waals surface area (Å²) < 4.78 is 2.06. The number of aryl methyl sites for hydroxylation is 1. The van der Waals surface area contributed by atoms with Crippen molar-refractivity contribution >= 4 is 28.8 Å². The van der Waals surface area contributed by atoms with Crippen LogP contribution in [0.2, 0.25) is 0 Å². The SMILES string of the molecule is CC(C)CCCCCC=C(C=N)NC(=O)c1ccc2cc3n(c2c1)CCCC(C)C3=O. The molecule has 31 heavy (non-hydrogen) atoms. The van der Waals surface area contributed by atoms with Crippen molar-refractivity contribution < 1.29 is 9.59 Å². The smallest absolute Gasteiger partial charge is 0.255 e. The van der Waals surface area contributed by atoms with Crippen LogP contribution in [0.5, 0.6) is 0 Å². The monoisotopic (exact) mass is 421 g/mol. The molecule has 166 valence electrons. The van der Waals surface area contributed by atoms with Crippen LogP contribution in [0.15, 0.2) is 36.0 Å². The molecule has 1 aliphatic heterocycles. The highest BCUT2D eigenvalue weighted by Crippen LogP contribution is 2.28. The van der Waals surface area contributed by atoms with Gasteiger partial charge in [-0.2, -0.15) is 0 Å². The third-order valence-corrected chi connectivity index (χ3v) is 6.15. The normalized spacial score (nSPS) is 17.0. The van der Waals surface area contributed by atoms with E-state index in [-0.39, 0.29) is 17.6 Å². The number of nitrogens with zero attached hydrogens (tertiary/aromatic N) is 1. The summed E-state index contributed by atoms with van der Waals surface area (Å²) in [4.78, 5) is 25.5. The highest BCUT2D eigenvalue weighted by atomic mass is 16.1. The maximum atomic E-state index is 12.8. The first-order chi connectivity index (χ1) is 14.9. The second kappa shape index (κ2) is 10.6. The van der Waals surface area contributed by atoms with Crippen molar-refractivity contribution in [1.82, 2.24) is 9.88 Å². The van der Waals surface area contributed by atoms with Gasteiger partial charge in [0.05, 0.1) is 11.4 Å². The number of allylic oxidation sites excluding steroid dienone is 2. The molecule has 0 spiro atoms. The summed E-state index contributed by atoms with van der Waals surface area (Å²) in [6.45, 7) is 7.26. The van der Waals surface area contributed by atoms with Crippen LogP contribution in [0.3, 0.4) is 0 Å². The number of hydrogen-bond acceptors (Lipinski definition) is 3. The van der Waals surface area contributed by atoms with Gasteiger partial charge in [-0.3, -0.25) is 9.59 Å². The second-order valence-corrected chi connectivity index (χ2v) is 9.15. The van der Waals surface area contributed by atoms with E-state index in [9.17, 15) is 9.59 Å². The average Bonchev–Trinajstić information content (AvgIpc) is 3.05. The molecule has 0 saturated heterocycles. The molecule has 0 radical (unpaired) electrons. The van der Waals surface area contributed by atoms with E-state index >= 15 is 0 Å². The average molecular weight is 422 g/mol. The number of nitrogens with one attached hydrogen (secondary N) is 2. The number of carbonyl (C=O) groups excluding carboxylic acids is 2. The van der Waals surface area contributed by atoms with Crippen LogP contribution in [-0.4, -0.2) is 22.5 Å². The number of unbranched alkanes of at least 4 members (excludes halogenated alkanes) is 3. The zero-order valence-corrected chi connectivity index (χ0v) is 19.0. The lowest BCUT2D eigenvalue weighted by Gasteiger charge is -2.09. The second-order valence-electron chi connectivity index (χ2n) is 9.15. The molecule has 0 fully saturated rings. The molecule has 1 aromatic carbocycles. The number of carbonyl (C=O) groups is 2. The van der Waals surface area contributed by atoms with E-state index in [2.05, 4.69) is 23.7 Å². The Kier molecular flexibility index (Phi) is 7.83. The van der Waals surface area contributed by atoms with Gasteiger partial charge in [-0.1, -0.05) is 52.2 Å². The molecule has 0 bridgehead atoms. The molecular weight excluding hydrogens is 386 g/mol. The Morgan fingerprint density at radius 3 is 2.81 bits per heavy atom. The Hall–Kier alpha value is -2.69. The molecular formula is C26H35N3O2. The Morgan fingerprint density at radius 1 is 1.26 bits per heavy atom. The minimum absolute atomic E-state index is 0.0407. The molecule has 2 aromatic rings. The number of ketones is 1. The van der Waals surface area contributed by atoms with Crippen LogP contribution in [-0.2, 0) is 6.54 Å². The van der Waals surface area contributed by atoms with Crippen molar-refractivity contribution in [2.24, 2.45) is 11.8 Å². The number of hydrogen-bond donors (Lipinski definition) is 2. The summed E-state index contributed by atoms with van der Waals surface area (Å²) in [7, 11) is 0. The van der Waals surface area contributed by atoms with Gasteiger partial charge < -0.3 is 15.3 Å². The summed E-state index contributed by atoms with van der Waals surface area (Å²) in [5.74, 6) is 0.739. The van der Waals surface area contributed by atoms with Crippen molar-refractivity contribution in [3.05, 3.63) is 47.3 Å². The fourth-order valence-electron chi connectivity index (χ4n) is 4.26. The Balaban J connectivity index is 1.69. The maximum absolute atomic E-state index is 12.8. The predicted molar refractivity (Wildman–Crippen MR) is 127 cm³/mol. The molecule has 3 rings (SSSR count). The Labute approximate surface area is 185 Å². The largest absolute Gasteiger partial charge is 0.338 e. The molecule has 0 saturated carbocycles. The van der Waals surface area contributed by atoms with Gasteiger partial charge in [0.1, 0.15) is 0 Å². The lowest BCUT2D eigenvalue weighted by atomic mass is 10.00. The zero-order valence-electron chi connectivity index (χ0n) is 19.0. The molecule has 2 heterocycles.